The van der Waals surface area contributed by atoms with E-state index in [2.05, 4.69) is 0 Å². The van der Waals surface area contributed by atoms with Gasteiger partial charge in [-0.05, 0) is 29.8 Å². The third-order valence-electron chi connectivity index (χ3n) is 3.10. The first-order valence-electron chi connectivity index (χ1n) is 7.07. The van der Waals surface area contributed by atoms with E-state index in [1.807, 2.05) is 68.4 Å². The number of ketones is 1. The topological polar surface area (TPSA) is 35.5 Å². The summed E-state index contributed by atoms with van der Waals surface area (Å²) in [6.45, 7) is 4.38. The summed E-state index contributed by atoms with van der Waals surface area (Å²) in [6, 6.07) is 17.3. The minimum atomic E-state index is -0.00141. The summed E-state index contributed by atoms with van der Waals surface area (Å²) >= 11 is 0. The lowest BCUT2D eigenvalue weighted by molar-refractivity contribution is -0.123. The van der Waals surface area contributed by atoms with Crippen molar-refractivity contribution in [2.45, 2.75) is 20.5 Å². The van der Waals surface area contributed by atoms with Gasteiger partial charge in [-0.1, -0.05) is 44.2 Å². The van der Waals surface area contributed by atoms with Gasteiger partial charge in [-0.15, -0.1) is 0 Å². The van der Waals surface area contributed by atoms with Crippen molar-refractivity contribution in [2.75, 3.05) is 6.61 Å². The Balaban J connectivity index is 1.83. The molecule has 2 aromatic carbocycles. The molecule has 21 heavy (non-hydrogen) atoms. The fraction of sp³-hybridized carbons (Fsp3) is 0.278. The highest BCUT2D eigenvalue weighted by Crippen LogP contribution is 2.18. The number of rotatable bonds is 7. The highest BCUT2D eigenvalue weighted by molar-refractivity contribution is 5.81. The molecule has 0 fully saturated rings. The van der Waals surface area contributed by atoms with Crippen molar-refractivity contribution < 1.29 is 14.3 Å². The van der Waals surface area contributed by atoms with E-state index < -0.39 is 0 Å². The first-order valence-corrected chi connectivity index (χ1v) is 7.07. The Morgan fingerprint density at radius 3 is 2.05 bits per heavy atom. The fourth-order valence-electron chi connectivity index (χ4n) is 1.69. The third kappa shape index (κ3) is 4.95. The minimum Gasteiger partial charge on any atom is -0.489 e. The SMILES string of the molecule is CC(C)C(=O)COc1ccc(OCc2ccccc2)cc1. The molecule has 0 bridgehead atoms. The molecule has 0 unspecified atom stereocenters. The van der Waals surface area contributed by atoms with Crippen LogP contribution in [0, 0.1) is 5.92 Å². The van der Waals surface area contributed by atoms with Crippen LogP contribution in [0.15, 0.2) is 54.6 Å². The average molecular weight is 284 g/mol. The van der Waals surface area contributed by atoms with E-state index in [1.165, 1.54) is 0 Å². The molecule has 0 spiro atoms. The minimum absolute atomic E-state index is 0.00141. The standard InChI is InChI=1S/C18H20O3/c1-14(2)18(19)13-21-17-10-8-16(9-11-17)20-12-15-6-4-3-5-7-15/h3-11,14H,12-13H2,1-2H3. The maximum absolute atomic E-state index is 11.5. The van der Waals surface area contributed by atoms with Crippen LogP contribution >= 0.6 is 0 Å². The molecule has 0 saturated carbocycles. The quantitative estimate of drug-likeness (QED) is 0.774. The van der Waals surface area contributed by atoms with Crippen LogP contribution in [-0.2, 0) is 11.4 Å². The van der Waals surface area contributed by atoms with Crippen molar-refractivity contribution in [2.24, 2.45) is 5.92 Å². The number of carbonyl (C=O) groups is 1. The molecule has 110 valence electrons. The Labute approximate surface area is 125 Å². The van der Waals surface area contributed by atoms with Crippen molar-refractivity contribution in [1.82, 2.24) is 0 Å². The molecule has 0 amide bonds. The summed E-state index contributed by atoms with van der Waals surface area (Å²) in [5, 5.41) is 0. The van der Waals surface area contributed by atoms with Gasteiger partial charge in [0.2, 0.25) is 0 Å². The number of Topliss-reactive ketones (excluding diaryl/α,β-unsaturated/α-hetero) is 1. The Hall–Kier alpha value is -2.29. The van der Waals surface area contributed by atoms with Crippen LogP contribution in [0.4, 0.5) is 0 Å². The second-order valence-electron chi connectivity index (χ2n) is 5.16. The van der Waals surface area contributed by atoms with E-state index in [9.17, 15) is 4.79 Å². The molecule has 2 rings (SSSR count). The van der Waals surface area contributed by atoms with Gasteiger partial charge in [-0.2, -0.15) is 0 Å². The van der Waals surface area contributed by atoms with Gasteiger partial charge in [0.15, 0.2) is 5.78 Å². The van der Waals surface area contributed by atoms with Gasteiger partial charge in [-0.25, -0.2) is 0 Å². The Kier molecular flexibility index (Phi) is 5.38. The predicted molar refractivity (Wildman–Crippen MR) is 82.6 cm³/mol. The van der Waals surface area contributed by atoms with Gasteiger partial charge in [0.25, 0.3) is 0 Å². The first-order chi connectivity index (χ1) is 10.1. The van der Waals surface area contributed by atoms with Crippen molar-refractivity contribution in [3.8, 4) is 11.5 Å². The van der Waals surface area contributed by atoms with Gasteiger partial charge in [-0.3, -0.25) is 4.79 Å². The summed E-state index contributed by atoms with van der Waals surface area (Å²) in [5.41, 5.74) is 1.13. The van der Waals surface area contributed by atoms with Crippen LogP contribution < -0.4 is 9.47 Å². The van der Waals surface area contributed by atoms with Crippen molar-refractivity contribution in [3.63, 3.8) is 0 Å². The molecular formula is C18H20O3. The van der Waals surface area contributed by atoms with Crippen LogP contribution in [0.3, 0.4) is 0 Å². The second kappa shape index (κ2) is 7.48. The number of hydrogen-bond acceptors (Lipinski definition) is 3. The van der Waals surface area contributed by atoms with Crippen LogP contribution in [0.25, 0.3) is 0 Å². The van der Waals surface area contributed by atoms with Gasteiger partial charge < -0.3 is 9.47 Å². The summed E-state index contributed by atoms with van der Waals surface area (Å²) in [5.74, 6) is 1.55. The van der Waals surface area contributed by atoms with Gasteiger partial charge in [0.1, 0.15) is 24.7 Å². The molecule has 0 atom stereocenters. The maximum Gasteiger partial charge on any atom is 0.172 e. The number of benzene rings is 2. The van der Waals surface area contributed by atoms with Gasteiger partial charge >= 0.3 is 0 Å². The molecule has 3 nitrogen and oxygen atoms in total. The molecule has 0 aliphatic carbocycles. The molecule has 0 radical (unpaired) electrons. The van der Waals surface area contributed by atoms with E-state index in [-0.39, 0.29) is 18.3 Å². The fourth-order valence-corrected chi connectivity index (χ4v) is 1.69. The molecule has 0 aromatic heterocycles. The first kappa shape index (κ1) is 15.1. The second-order valence-corrected chi connectivity index (χ2v) is 5.16. The average Bonchev–Trinajstić information content (AvgIpc) is 2.52. The Morgan fingerprint density at radius 1 is 0.905 bits per heavy atom. The molecule has 0 aliphatic heterocycles. The molecule has 3 heteroatoms. The molecule has 0 heterocycles. The molecule has 0 N–H and O–H groups in total. The normalized spacial score (nSPS) is 10.4. The van der Waals surface area contributed by atoms with Gasteiger partial charge in [0, 0.05) is 5.92 Å². The zero-order valence-corrected chi connectivity index (χ0v) is 12.4. The third-order valence-corrected chi connectivity index (χ3v) is 3.10. The zero-order chi connectivity index (χ0) is 15.1. The Bertz CT molecular complexity index is 559. The zero-order valence-electron chi connectivity index (χ0n) is 12.4. The lowest BCUT2D eigenvalue weighted by Crippen LogP contribution is -2.16. The lowest BCUT2D eigenvalue weighted by atomic mass is 10.1. The number of ether oxygens (including phenoxy) is 2. The molecular weight excluding hydrogens is 264 g/mol. The molecule has 0 saturated heterocycles. The highest BCUT2D eigenvalue weighted by atomic mass is 16.5. The summed E-state index contributed by atoms with van der Waals surface area (Å²) in [7, 11) is 0. The summed E-state index contributed by atoms with van der Waals surface area (Å²) in [6.07, 6.45) is 0. The monoisotopic (exact) mass is 284 g/mol. The van der Waals surface area contributed by atoms with Crippen molar-refractivity contribution in [3.05, 3.63) is 60.2 Å². The molecule has 2 aromatic rings. The lowest BCUT2D eigenvalue weighted by Gasteiger charge is -2.09. The van der Waals surface area contributed by atoms with E-state index in [0.717, 1.165) is 11.3 Å². The summed E-state index contributed by atoms with van der Waals surface area (Å²) in [4.78, 5) is 11.5. The van der Waals surface area contributed by atoms with E-state index in [1.54, 1.807) is 0 Å². The summed E-state index contributed by atoms with van der Waals surface area (Å²) < 4.78 is 11.1. The smallest absolute Gasteiger partial charge is 0.172 e. The van der Waals surface area contributed by atoms with Crippen LogP contribution in [0.2, 0.25) is 0 Å². The number of hydrogen-bond donors (Lipinski definition) is 0. The largest absolute Gasteiger partial charge is 0.489 e. The highest BCUT2D eigenvalue weighted by Gasteiger charge is 2.07. The maximum atomic E-state index is 11.5. The van der Waals surface area contributed by atoms with E-state index >= 15 is 0 Å². The Morgan fingerprint density at radius 2 is 1.48 bits per heavy atom. The number of carbonyl (C=O) groups excluding carboxylic acids is 1. The van der Waals surface area contributed by atoms with E-state index in [4.69, 9.17) is 9.47 Å². The predicted octanol–water partition coefficient (Wildman–Crippen LogP) is 3.87. The van der Waals surface area contributed by atoms with Crippen LogP contribution in [-0.4, -0.2) is 12.4 Å². The van der Waals surface area contributed by atoms with Gasteiger partial charge in [0.05, 0.1) is 0 Å². The van der Waals surface area contributed by atoms with Crippen LogP contribution in [0.5, 0.6) is 11.5 Å². The van der Waals surface area contributed by atoms with Crippen LogP contribution in [0.1, 0.15) is 19.4 Å². The van der Waals surface area contributed by atoms with Crippen molar-refractivity contribution in [1.29, 1.82) is 0 Å². The van der Waals surface area contributed by atoms with E-state index in [0.29, 0.717) is 12.4 Å². The molecule has 0 aliphatic rings. The van der Waals surface area contributed by atoms with Crippen molar-refractivity contribution >= 4 is 5.78 Å².